The minimum absolute atomic E-state index is 0.191. The molecular formula is C33H34N6O6. The molecule has 0 aliphatic carbocycles. The molecule has 2 saturated heterocycles. The molecule has 3 amide bonds. The van der Waals surface area contributed by atoms with Crippen LogP contribution in [0, 0.1) is 11.3 Å². The summed E-state index contributed by atoms with van der Waals surface area (Å²) in [6, 6.07) is 15.0. The van der Waals surface area contributed by atoms with E-state index in [1.54, 1.807) is 24.4 Å². The minimum Gasteiger partial charge on any atom is -0.489 e. The average Bonchev–Trinajstić information content (AvgIpc) is 3.40. The summed E-state index contributed by atoms with van der Waals surface area (Å²) in [4.78, 5) is 54.6. The Morgan fingerprint density at radius 2 is 1.89 bits per heavy atom. The van der Waals surface area contributed by atoms with Gasteiger partial charge in [-0.2, -0.15) is 5.26 Å². The maximum atomic E-state index is 13.1. The van der Waals surface area contributed by atoms with Gasteiger partial charge in [0, 0.05) is 56.0 Å². The summed E-state index contributed by atoms with van der Waals surface area (Å²) in [6.45, 7) is 5.95. The lowest BCUT2D eigenvalue weighted by atomic mass is 9.98. The van der Waals surface area contributed by atoms with Crippen LogP contribution in [0.3, 0.4) is 0 Å². The highest BCUT2D eigenvalue weighted by Crippen LogP contribution is 2.34. The molecule has 2 aromatic carbocycles. The van der Waals surface area contributed by atoms with Crippen molar-refractivity contribution in [3.63, 3.8) is 0 Å². The summed E-state index contributed by atoms with van der Waals surface area (Å²) < 4.78 is 6.17. The van der Waals surface area contributed by atoms with E-state index in [4.69, 9.17) is 4.74 Å². The Hall–Kier alpha value is -5.15. The molecule has 1 unspecified atom stereocenters. The third-order valence-electron chi connectivity index (χ3n) is 9.09. The van der Waals surface area contributed by atoms with Crippen molar-refractivity contribution < 1.29 is 29.0 Å². The van der Waals surface area contributed by atoms with Crippen LogP contribution < -0.4 is 15.4 Å². The number of piperazine rings is 1. The summed E-state index contributed by atoms with van der Waals surface area (Å²) in [5.74, 6) is -1.61. The Labute approximate surface area is 260 Å². The van der Waals surface area contributed by atoms with E-state index in [1.807, 2.05) is 24.3 Å². The van der Waals surface area contributed by atoms with Crippen LogP contribution in [0.1, 0.15) is 52.9 Å². The Balaban J connectivity index is 1.02. The largest absolute Gasteiger partial charge is 0.489 e. The van der Waals surface area contributed by atoms with Gasteiger partial charge in [-0.05, 0) is 48.8 Å². The van der Waals surface area contributed by atoms with Crippen molar-refractivity contribution >= 4 is 23.7 Å². The summed E-state index contributed by atoms with van der Waals surface area (Å²) in [5, 5.41) is 23.7. The van der Waals surface area contributed by atoms with E-state index in [-0.39, 0.29) is 30.8 Å². The number of fused-ring (bicyclic) bond motifs is 1. The lowest BCUT2D eigenvalue weighted by molar-refractivity contribution is -0.140. The fraction of sp³-hybridized carbons (Fsp3) is 0.364. The molecule has 2 aromatic rings. The number of hydrogen-bond acceptors (Lipinski definition) is 9. The van der Waals surface area contributed by atoms with Crippen molar-refractivity contribution in [2.24, 2.45) is 0 Å². The number of nitriles is 1. The third kappa shape index (κ3) is 5.74. The fourth-order valence-electron chi connectivity index (χ4n) is 6.27. The number of imide groups is 1. The molecule has 0 spiro atoms. The molecule has 0 aromatic heterocycles. The molecule has 4 heterocycles. The zero-order valence-electron chi connectivity index (χ0n) is 24.9. The number of carboxylic acid groups (broad SMARTS) is 1. The molecule has 6 rings (SSSR count). The molecule has 4 aliphatic heterocycles. The summed E-state index contributed by atoms with van der Waals surface area (Å²) in [7, 11) is 0. The number of aliphatic carboxylic acids is 1. The van der Waals surface area contributed by atoms with Gasteiger partial charge in [-0.25, -0.2) is 4.79 Å². The van der Waals surface area contributed by atoms with E-state index in [2.05, 4.69) is 39.5 Å². The van der Waals surface area contributed by atoms with Gasteiger partial charge >= 0.3 is 5.97 Å². The van der Waals surface area contributed by atoms with Crippen molar-refractivity contribution in [3.05, 3.63) is 88.8 Å². The smallest absolute Gasteiger partial charge is 0.348 e. The van der Waals surface area contributed by atoms with Gasteiger partial charge in [0.15, 0.2) is 0 Å². The Bertz CT molecular complexity index is 1640. The molecule has 12 nitrogen and oxygen atoms in total. The number of hydrogen-bond donors (Lipinski definition) is 3. The van der Waals surface area contributed by atoms with Crippen LogP contribution in [-0.2, 0) is 27.5 Å². The van der Waals surface area contributed by atoms with Crippen LogP contribution in [0.15, 0.2) is 66.5 Å². The molecule has 4 aliphatic rings. The highest BCUT2D eigenvalue weighted by Gasteiger charge is 2.40. The molecule has 3 N–H and O–H groups in total. The molecule has 232 valence electrons. The van der Waals surface area contributed by atoms with E-state index >= 15 is 0 Å². The van der Waals surface area contributed by atoms with Gasteiger partial charge in [0.1, 0.15) is 24.5 Å². The third-order valence-corrected chi connectivity index (χ3v) is 9.09. The first-order chi connectivity index (χ1) is 21.7. The van der Waals surface area contributed by atoms with Gasteiger partial charge in [0.25, 0.3) is 5.91 Å². The molecule has 3 atom stereocenters. The van der Waals surface area contributed by atoms with Gasteiger partial charge in [0.05, 0.1) is 12.2 Å². The molecular weight excluding hydrogens is 576 g/mol. The van der Waals surface area contributed by atoms with Gasteiger partial charge in [-0.15, -0.1) is 0 Å². The first-order valence-corrected chi connectivity index (χ1v) is 15.0. The number of ether oxygens (including phenoxy) is 1. The summed E-state index contributed by atoms with van der Waals surface area (Å²) in [5.41, 5.74) is 2.56. The molecule has 0 radical (unpaired) electrons. The quantitative estimate of drug-likeness (QED) is 0.378. The minimum atomic E-state index is -1.73. The Morgan fingerprint density at radius 1 is 1.13 bits per heavy atom. The highest BCUT2D eigenvalue weighted by molar-refractivity contribution is 6.05. The van der Waals surface area contributed by atoms with Crippen molar-refractivity contribution in [2.75, 3.05) is 26.2 Å². The molecule has 12 heteroatoms. The second-order valence-electron chi connectivity index (χ2n) is 11.7. The average molecular weight is 611 g/mol. The van der Waals surface area contributed by atoms with Crippen LogP contribution in [0.25, 0.3) is 0 Å². The predicted octanol–water partition coefficient (Wildman–Crippen LogP) is 2.05. The van der Waals surface area contributed by atoms with E-state index < -0.39 is 23.5 Å². The number of carbonyl (C=O) groups is 4. The SMILES string of the molecule is C[C@H](c1ccc(COc2cccc3c2CN([C@H]2CCC(=O)NC2=O)C3=O)cc1)N1CCN(C2=CNC(C#N)(C(=O)O)C=C2)CC1. The summed E-state index contributed by atoms with van der Waals surface area (Å²) >= 11 is 0. The fourth-order valence-corrected chi connectivity index (χ4v) is 6.27. The summed E-state index contributed by atoms with van der Waals surface area (Å²) in [6.07, 6.45) is 5.22. The van der Waals surface area contributed by atoms with Crippen molar-refractivity contribution in [2.45, 2.75) is 50.5 Å². The number of nitrogens with zero attached hydrogens (tertiary/aromatic N) is 4. The second-order valence-corrected chi connectivity index (χ2v) is 11.7. The van der Waals surface area contributed by atoms with E-state index in [0.717, 1.165) is 43.0 Å². The number of rotatable bonds is 8. The zero-order chi connectivity index (χ0) is 31.7. The first-order valence-electron chi connectivity index (χ1n) is 15.0. The van der Waals surface area contributed by atoms with Crippen LogP contribution in [0.4, 0.5) is 0 Å². The van der Waals surface area contributed by atoms with E-state index in [9.17, 15) is 29.5 Å². The number of dihydropyridines is 1. The molecule has 2 fully saturated rings. The maximum Gasteiger partial charge on any atom is 0.348 e. The number of piperidine rings is 1. The number of carbonyl (C=O) groups excluding carboxylic acids is 3. The van der Waals surface area contributed by atoms with Crippen LogP contribution in [-0.4, -0.2) is 81.3 Å². The van der Waals surface area contributed by atoms with Crippen LogP contribution in [0.5, 0.6) is 5.75 Å². The monoisotopic (exact) mass is 610 g/mol. The van der Waals surface area contributed by atoms with Crippen LogP contribution >= 0.6 is 0 Å². The lowest BCUT2D eigenvalue weighted by Crippen LogP contribution is -2.52. The van der Waals surface area contributed by atoms with Crippen LogP contribution in [0.2, 0.25) is 0 Å². The topological polar surface area (TPSA) is 155 Å². The maximum absolute atomic E-state index is 13.1. The zero-order valence-corrected chi connectivity index (χ0v) is 24.9. The molecule has 45 heavy (non-hydrogen) atoms. The number of nitrogens with one attached hydrogen (secondary N) is 2. The highest BCUT2D eigenvalue weighted by atomic mass is 16.5. The number of amides is 3. The van der Waals surface area contributed by atoms with Crippen molar-refractivity contribution in [3.8, 4) is 11.8 Å². The van der Waals surface area contributed by atoms with Gasteiger partial charge in [-0.3, -0.25) is 24.6 Å². The molecule has 0 bridgehead atoms. The van der Waals surface area contributed by atoms with Gasteiger partial charge < -0.3 is 25.0 Å². The number of benzene rings is 2. The standard InChI is InChI=1S/C33H34N6O6/c1-21(37-13-15-38(16-14-37)24-11-12-33(20-34,32(43)44)35-17-24)23-7-5-22(6-8-23)19-45-28-4-2-3-25-26(28)18-39(31(25)42)27-9-10-29(40)36-30(27)41/h2-8,11-12,17,21,27,35H,9-10,13-16,18-19H2,1H3,(H,43,44)(H,36,40,41)/t21-,27+,33?/m1/s1. The van der Waals surface area contributed by atoms with Crippen molar-refractivity contribution in [1.29, 1.82) is 5.26 Å². The number of allylic oxidation sites excluding steroid dienone is 1. The Kier molecular flexibility index (Phi) is 8.03. The van der Waals surface area contributed by atoms with E-state index in [0.29, 0.717) is 24.3 Å². The molecule has 0 saturated carbocycles. The predicted molar refractivity (Wildman–Crippen MR) is 161 cm³/mol. The van der Waals surface area contributed by atoms with Gasteiger partial charge in [-0.1, -0.05) is 30.3 Å². The normalized spacial score (nSPS) is 23.9. The Morgan fingerprint density at radius 3 is 2.53 bits per heavy atom. The number of carboxylic acids is 1. The van der Waals surface area contributed by atoms with Gasteiger partial charge in [0.2, 0.25) is 17.4 Å². The lowest BCUT2D eigenvalue weighted by Gasteiger charge is -2.40. The first kappa shape index (κ1) is 29.9. The second kappa shape index (κ2) is 12.1. The van der Waals surface area contributed by atoms with Crippen molar-refractivity contribution in [1.82, 2.24) is 25.3 Å². The van der Waals surface area contributed by atoms with E-state index in [1.165, 1.54) is 16.5 Å².